The van der Waals surface area contributed by atoms with Crippen molar-refractivity contribution in [1.82, 2.24) is 0 Å². The highest BCUT2D eigenvalue weighted by molar-refractivity contribution is 5.90. The second kappa shape index (κ2) is 10.5. The Bertz CT molecular complexity index is 1160. The third-order valence-electron chi connectivity index (χ3n) is 5.54. The first-order valence-corrected chi connectivity index (χ1v) is 11.0. The zero-order valence-corrected chi connectivity index (χ0v) is 18.9. The normalized spacial score (nSPS) is 23.3. The van der Waals surface area contributed by atoms with Gasteiger partial charge in [-0.2, -0.15) is 0 Å². The first kappa shape index (κ1) is 24.1. The molecule has 1 unspecified atom stereocenters. The van der Waals surface area contributed by atoms with Gasteiger partial charge in [0.2, 0.25) is 6.29 Å². The molecule has 4 atom stereocenters. The standard InChI is InChI=1S/C27H24O8/c1-27(31)22(34-24(29)19-13-7-3-8-14-19)21(17-32-23(28)18-11-5-2-6-12-18)33-26(27)35-25(30)20-15-9-4-10-16-20/h2-16,21-22,26,31H,17H2,1H3/t21?,22-,26+,27-/m1/s1. The van der Waals surface area contributed by atoms with Gasteiger partial charge in [-0.15, -0.1) is 0 Å². The van der Waals surface area contributed by atoms with Crippen LogP contribution in [-0.2, 0) is 18.9 Å². The van der Waals surface area contributed by atoms with Gasteiger partial charge in [0, 0.05) is 0 Å². The van der Waals surface area contributed by atoms with Crippen LogP contribution in [-0.4, -0.2) is 53.7 Å². The molecule has 3 aromatic rings. The summed E-state index contributed by atoms with van der Waals surface area (Å²) in [6.07, 6.45) is -3.88. The van der Waals surface area contributed by atoms with Crippen LogP contribution in [0, 0.1) is 0 Å². The minimum absolute atomic E-state index is 0.253. The minimum atomic E-state index is -1.93. The predicted molar refractivity (Wildman–Crippen MR) is 124 cm³/mol. The van der Waals surface area contributed by atoms with E-state index in [0.717, 1.165) is 0 Å². The van der Waals surface area contributed by atoms with Gasteiger partial charge in [0.15, 0.2) is 11.7 Å². The Balaban J connectivity index is 1.53. The lowest BCUT2D eigenvalue weighted by Gasteiger charge is -2.29. The molecular formula is C27H24O8. The number of rotatable bonds is 7. The Hall–Kier alpha value is -4.01. The Kier molecular flexibility index (Phi) is 7.24. The van der Waals surface area contributed by atoms with Crippen LogP contribution in [0.5, 0.6) is 0 Å². The molecule has 0 bridgehead atoms. The summed E-state index contributed by atoms with van der Waals surface area (Å²) in [5.41, 5.74) is -1.10. The maximum absolute atomic E-state index is 12.7. The number of ether oxygens (including phenoxy) is 4. The van der Waals surface area contributed by atoms with Gasteiger partial charge in [-0.05, 0) is 43.3 Å². The third-order valence-corrected chi connectivity index (χ3v) is 5.54. The van der Waals surface area contributed by atoms with Gasteiger partial charge in [0.1, 0.15) is 12.7 Å². The van der Waals surface area contributed by atoms with Crippen molar-refractivity contribution < 1.29 is 38.4 Å². The fourth-order valence-corrected chi connectivity index (χ4v) is 3.66. The molecule has 0 saturated carbocycles. The monoisotopic (exact) mass is 476 g/mol. The molecule has 1 aliphatic heterocycles. The van der Waals surface area contributed by atoms with Crippen molar-refractivity contribution in [2.24, 2.45) is 0 Å². The molecule has 1 N–H and O–H groups in total. The van der Waals surface area contributed by atoms with E-state index < -0.39 is 42.0 Å². The largest absolute Gasteiger partial charge is 0.459 e. The van der Waals surface area contributed by atoms with Gasteiger partial charge in [0.25, 0.3) is 0 Å². The summed E-state index contributed by atoms with van der Waals surface area (Å²) in [6, 6.07) is 24.7. The zero-order valence-electron chi connectivity index (χ0n) is 18.9. The minimum Gasteiger partial charge on any atom is -0.459 e. The van der Waals surface area contributed by atoms with Crippen LogP contribution in [0.1, 0.15) is 38.0 Å². The molecule has 1 saturated heterocycles. The molecule has 4 rings (SSSR count). The van der Waals surface area contributed by atoms with Crippen LogP contribution >= 0.6 is 0 Å². The number of aliphatic hydroxyl groups is 1. The van der Waals surface area contributed by atoms with Crippen LogP contribution in [0.15, 0.2) is 91.0 Å². The topological polar surface area (TPSA) is 108 Å². The quantitative estimate of drug-likeness (QED) is 0.408. The van der Waals surface area contributed by atoms with Crippen LogP contribution in [0.4, 0.5) is 0 Å². The summed E-state index contributed by atoms with van der Waals surface area (Å²) < 4.78 is 22.1. The van der Waals surface area contributed by atoms with E-state index in [1.165, 1.54) is 6.92 Å². The van der Waals surface area contributed by atoms with E-state index in [1.807, 2.05) is 0 Å². The van der Waals surface area contributed by atoms with E-state index in [1.54, 1.807) is 91.0 Å². The number of benzene rings is 3. The lowest BCUT2D eigenvalue weighted by molar-refractivity contribution is -0.173. The highest BCUT2D eigenvalue weighted by atomic mass is 16.7. The Morgan fingerprint density at radius 3 is 1.66 bits per heavy atom. The van der Waals surface area contributed by atoms with E-state index in [2.05, 4.69) is 0 Å². The SMILES string of the molecule is C[C@]1(O)[C@H](OC(=O)c2ccccc2)OC(COC(=O)c2ccccc2)[C@H]1OC(=O)c1ccccc1. The third kappa shape index (κ3) is 5.56. The molecule has 8 heteroatoms. The first-order chi connectivity index (χ1) is 16.9. The van der Waals surface area contributed by atoms with Crippen molar-refractivity contribution in [3.8, 4) is 0 Å². The van der Waals surface area contributed by atoms with Crippen molar-refractivity contribution in [2.45, 2.75) is 31.0 Å². The molecule has 8 nitrogen and oxygen atoms in total. The van der Waals surface area contributed by atoms with E-state index in [-0.39, 0.29) is 17.7 Å². The highest BCUT2D eigenvalue weighted by Crippen LogP contribution is 2.35. The smallest absolute Gasteiger partial charge is 0.340 e. The number of carbonyl (C=O) groups is 3. The predicted octanol–water partition coefficient (Wildman–Crippen LogP) is 3.40. The second-order valence-corrected chi connectivity index (χ2v) is 8.16. The van der Waals surface area contributed by atoms with Gasteiger partial charge in [-0.1, -0.05) is 54.6 Å². The number of hydrogen-bond donors (Lipinski definition) is 1. The summed E-state index contributed by atoms with van der Waals surface area (Å²) >= 11 is 0. The van der Waals surface area contributed by atoms with Crippen LogP contribution in [0.25, 0.3) is 0 Å². The molecule has 1 aliphatic rings. The Morgan fingerprint density at radius 2 is 1.17 bits per heavy atom. The molecule has 1 heterocycles. The summed E-state index contributed by atoms with van der Waals surface area (Å²) in [6.45, 7) is 0.980. The van der Waals surface area contributed by atoms with Crippen molar-refractivity contribution >= 4 is 17.9 Å². The summed E-state index contributed by atoms with van der Waals surface area (Å²) in [5, 5.41) is 11.2. The average Bonchev–Trinajstić information content (AvgIpc) is 3.12. The molecule has 0 aliphatic carbocycles. The number of carbonyl (C=O) groups excluding carboxylic acids is 3. The van der Waals surface area contributed by atoms with Crippen molar-refractivity contribution in [3.05, 3.63) is 108 Å². The fourth-order valence-electron chi connectivity index (χ4n) is 3.66. The fraction of sp³-hybridized carbons (Fsp3) is 0.222. The van der Waals surface area contributed by atoms with Crippen LogP contribution in [0.2, 0.25) is 0 Å². The van der Waals surface area contributed by atoms with Crippen molar-refractivity contribution in [2.75, 3.05) is 6.61 Å². The Morgan fingerprint density at radius 1 is 0.743 bits per heavy atom. The van der Waals surface area contributed by atoms with Crippen molar-refractivity contribution in [1.29, 1.82) is 0 Å². The van der Waals surface area contributed by atoms with Gasteiger partial charge < -0.3 is 24.1 Å². The number of esters is 3. The maximum atomic E-state index is 12.7. The van der Waals surface area contributed by atoms with Crippen LogP contribution < -0.4 is 0 Å². The molecule has 35 heavy (non-hydrogen) atoms. The van der Waals surface area contributed by atoms with Crippen LogP contribution in [0.3, 0.4) is 0 Å². The molecule has 1 fully saturated rings. The highest BCUT2D eigenvalue weighted by Gasteiger charge is 2.57. The lowest BCUT2D eigenvalue weighted by Crippen LogP contribution is -2.49. The second-order valence-electron chi connectivity index (χ2n) is 8.16. The molecule has 0 aromatic heterocycles. The molecule has 180 valence electrons. The van der Waals surface area contributed by atoms with E-state index in [9.17, 15) is 19.5 Å². The molecular weight excluding hydrogens is 452 g/mol. The summed E-state index contributed by atoms with van der Waals surface area (Å²) in [7, 11) is 0. The molecule has 3 aromatic carbocycles. The lowest BCUT2D eigenvalue weighted by atomic mass is 9.97. The summed E-state index contributed by atoms with van der Waals surface area (Å²) in [4.78, 5) is 37.8. The summed E-state index contributed by atoms with van der Waals surface area (Å²) in [5.74, 6) is -2.06. The van der Waals surface area contributed by atoms with Gasteiger partial charge in [-0.25, -0.2) is 14.4 Å². The van der Waals surface area contributed by atoms with Gasteiger partial charge in [0.05, 0.1) is 16.7 Å². The van der Waals surface area contributed by atoms with Gasteiger partial charge >= 0.3 is 17.9 Å². The van der Waals surface area contributed by atoms with Crippen molar-refractivity contribution in [3.63, 3.8) is 0 Å². The maximum Gasteiger partial charge on any atom is 0.340 e. The molecule has 0 radical (unpaired) electrons. The van der Waals surface area contributed by atoms with E-state index >= 15 is 0 Å². The Labute approximate surface area is 202 Å². The van der Waals surface area contributed by atoms with E-state index in [0.29, 0.717) is 5.56 Å². The number of hydrogen-bond acceptors (Lipinski definition) is 8. The first-order valence-electron chi connectivity index (χ1n) is 11.0. The van der Waals surface area contributed by atoms with E-state index in [4.69, 9.17) is 18.9 Å². The molecule has 0 amide bonds. The zero-order chi connectivity index (χ0) is 24.8. The molecule has 0 spiro atoms. The van der Waals surface area contributed by atoms with Gasteiger partial charge in [-0.3, -0.25) is 0 Å². The average molecular weight is 476 g/mol.